The second-order valence-corrected chi connectivity index (χ2v) is 6.76. The maximum absolute atomic E-state index is 12.9. The van der Waals surface area contributed by atoms with Crippen LogP contribution in [0.25, 0.3) is 0 Å². The highest BCUT2D eigenvalue weighted by molar-refractivity contribution is 5.78. The Labute approximate surface area is 153 Å². The number of hydrogen-bond donors (Lipinski definition) is 2. The van der Waals surface area contributed by atoms with Gasteiger partial charge in [-0.3, -0.25) is 4.79 Å². The van der Waals surface area contributed by atoms with E-state index in [4.69, 9.17) is 4.74 Å². The van der Waals surface area contributed by atoms with Crippen molar-refractivity contribution >= 4 is 5.91 Å². The standard InChI is InChI=1S/C21H25NO4/c1-22(16-9-11-26-12-10-16)21(25)14-19(15-5-4-6-17(23)13-15)18-7-2-3-8-20(18)24/h2-8,13,16,19,23-24H,9-12,14H2,1H3/t19-/m1/s1. The highest BCUT2D eigenvalue weighted by Crippen LogP contribution is 2.35. The fraction of sp³-hybridized carbons (Fsp3) is 0.381. The van der Waals surface area contributed by atoms with Gasteiger partial charge in [0.25, 0.3) is 0 Å². The number of ether oxygens (including phenoxy) is 1. The Kier molecular flexibility index (Phi) is 5.78. The molecule has 1 atom stereocenters. The number of phenolic OH excluding ortho intramolecular Hbond substituents is 2. The summed E-state index contributed by atoms with van der Waals surface area (Å²) in [6.45, 7) is 1.36. The molecule has 5 heteroatoms. The fourth-order valence-electron chi connectivity index (χ4n) is 3.53. The lowest BCUT2D eigenvalue weighted by Gasteiger charge is -2.32. The van der Waals surface area contributed by atoms with Gasteiger partial charge in [0.1, 0.15) is 11.5 Å². The molecule has 0 aliphatic carbocycles. The first kappa shape index (κ1) is 18.3. The summed E-state index contributed by atoms with van der Waals surface area (Å²) < 4.78 is 5.38. The molecule has 2 aromatic carbocycles. The molecule has 1 amide bonds. The molecule has 0 saturated carbocycles. The molecule has 5 nitrogen and oxygen atoms in total. The van der Waals surface area contributed by atoms with Crippen LogP contribution in [0.3, 0.4) is 0 Å². The van der Waals surface area contributed by atoms with Crippen molar-refractivity contribution in [2.24, 2.45) is 0 Å². The second kappa shape index (κ2) is 8.23. The van der Waals surface area contributed by atoms with E-state index in [1.54, 1.807) is 35.2 Å². The highest BCUT2D eigenvalue weighted by atomic mass is 16.5. The summed E-state index contributed by atoms with van der Waals surface area (Å²) in [4.78, 5) is 14.7. The molecule has 1 saturated heterocycles. The predicted molar refractivity (Wildman–Crippen MR) is 99.3 cm³/mol. The number of carbonyl (C=O) groups excluding carboxylic acids is 1. The van der Waals surface area contributed by atoms with Crippen molar-refractivity contribution < 1.29 is 19.7 Å². The van der Waals surface area contributed by atoms with Crippen LogP contribution in [0.5, 0.6) is 11.5 Å². The van der Waals surface area contributed by atoms with Crippen LogP contribution in [0.1, 0.15) is 36.3 Å². The van der Waals surface area contributed by atoms with Crippen LogP contribution in [0.2, 0.25) is 0 Å². The number of nitrogens with zero attached hydrogens (tertiary/aromatic N) is 1. The molecule has 2 aromatic rings. The first-order valence-corrected chi connectivity index (χ1v) is 8.96. The Hall–Kier alpha value is -2.53. The minimum Gasteiger partial charge on any atom is -0.508 e. The number of rotatable bonds is 5. The zero-order valence-electron chi connectivity index (χ0n) is 15.0. The highest BCUT2D eigenvalue weighted by Gasteiger charge is 2.27. The third-order valence-corrected chi connectivity index (χ3v) is 5.10. The van der Waals surface area contributed by atoms with Crippen LogP contribution in [-0.2, 0) is 9.53 Å². The minimum absolute atomic E-state index is 0.0218. The molecular weight excluding hydrogens is 330 g/mol. The van der Waals surface area contributed by atoms with Crippen molar-refractivity contribution in [1.29, 1.82) is 0 Å². The topological polar surface area (TPSA) is 70.0 Å². The van der Waals surface area contributed by atoms with Crippen LogP contribution >= 0.6 is 0 Å². The molecule has 0 bridgehead atoms. The Bertz CT molecular complexity index is 755. The van der Waals surface area contributed by atoms with Gasteiger partial charge in [-0.25, -0.2) is 0 Å². The Morgan fingerprint density at radius 1 is 1.15 bits per heavy atom. The van der Waals surface area contributed by atoms with Gasteiger partial charge in [-0.2, -0.15) is 0 Å². The molecule has 0 spiro atoms. The molecule has 0 radical (unpaired) electrons. The third-order valence-electron chi connectivity index (χ3n) is 5.10. The summed E-state index contributed by atoms with van der Waals surface area (Å²) >= 11 is 0. The van der Waals surface area contributed by atoms with Gasteiger partial charge in [0.05, 0.1) is 0 Å². The SMILES string of the molecule is CN(C(=O)C[C@H](c1cccc(O)c1)c1ccccc1O)C1CCOCC1. The van der Waals surface area contributed by atoms with Crippen LogP contribution in [0.4, 0.5) is 0 Å². The number of phenols is 2. The number of benzene rings is 2. The van der Waals surface area contributed by atoms with Crippen LogP contribution < -0.4 is 0 Å². The van der Waals surface area contributed by atoms with Gasteiger partial charge in [-0.1, -0.05) is 30.3 Å². The van der Waals surface area contributed by atoms with Gasteiger partial charge >= 0.3 is 0 Å². The van der Waals surface area contributed by atoms with E-state index in [0.29, 0.717) is 18.8 Å². The lowest BCUT2D eigenvalue weighted by molar-refractivity contribution is -0.133. The first-order valence-electron chi connectivity index (χ1n) is 8.96. The zero-order chi connectivity index (χ0) is 18.5. The fourth-order valence-corrected chi connectivity index (χ4v) is 3.53. The monoisotopic (exact) mass is 355 g/mol. The predicted octanol–water partition coefficient (Wildman–Crippen LogP) is 3.26. The van der Waals surface area contributed by atoms with E-state index in [-0.39, 0.29) is 35.8 Å². The van der Waals surface area contributed by atoms with E-state index >= 15 is 0 Å². The molecule has 1 fully saturated rings. The van der Waals surface area contributed by atoms with Crippen molar-refractivity contribution in [3.8, 4) is 11.5 Å². The van der Waals surface area contributed by atoms with Crippen LogP contribution in [0.15, 0.2) is 48.5 Å². The molecule has 2 N–H and O–H groups in total. The lowest BCUT2D eigenvalue weighted by Crippen LogP contribution is -2.41. The summed E-state index contributed by atoms with van der Waals surface area (Å²) in [5.41, 5.74) is 1.49. The third kappa shape index (κ3) is 4.17. The maximum Gasteiger partial charge on any atom is 0.223 e. The van der Waals surface area contributed by atoms with E-state index < -0.39 is 0 Å². The number of para-hydroxylation sites is 1. The van der Waals surface area contributed by atoms with Crippen molar-refractivity contribution in [2.75, 3.05) is 20.3 Å². The summed E-state index contributed by atoms with van der Waals surface area (Å²) in [7, 11) is 1.84. The van der Waals surface area contributed by atoms with Gasteiger partial charge in [0.15, 0.2) is 0 Å². The minimum atomic E-state index is -0.321. The Morgan fingerprint density at radius 2 is 1.88 bits per heavy atom. The summed E-state index contributed by atoms with van der Waals surface area (Å²) in [5.74, 6) is 0.00195. The van der Waals surface area contributed by atoms with Crippen molar-refractivity contribution in [3.05, 3.63) is 59.7 Å². The molecule has 1 heterocycles. The molecule has 138 valence electrons. The van der Waals surface area contributed by atoms with E-state index in [1.165, 1.54) is 0 Å². The molecule has 1 aliphatic rings. The summed E-state index contributed by atoms with van der Waals surface area (Å²) in [6.07, 6.45) is 1.92. The Morgan fingerprint density at radius 3 is 2.58 bits per heavy atom. The quantitative estimate of drug-likeness (QED) is 0.864. The van der Waals surface area contributed by atoms with Gasteiger partial charge < -0.3 is 19.8 Å². The van der Waals surface area contributed by atoms with E-state index in [0.717, 1.165) is 18.4 Å². The largest absolute Gasteiger partial charge is 0.508 e. The van der Waals surface area contributed by atoms with Gasteiger partial charge in [-0.15, -0.1) is 0 Å². The second-order valence-electron chi connectivity index (χ2n) is 6.76. The molecule has 1 aliphatic heterocycles. The summed E-state index contributed by atoms with van der Waals surface area (Å²) in [6, 6.07) is 14.1. The first-order chi connectivity index (χ1) is 12.6. The molecule has 3 rings (SSSR count). The van der Waals surface area contributed by atoms with E-state index in [1.807, 2.05) is 25.2 Å². The van der Waals surface area contributed by atoms with Gasteiger partial charge in [0.2, 0.25) is 5.91 Å². The number of carbonyl (C=O) groups is 1. The normalized spacial score (nSPS) is 16.2. The average Bonchev–Trinajstić information content (AvgIpc) is 2.66. The molecule has 0 aromatic heterocycles. The molecule has 26 heavy (non-hydrogen) atoms. The van der Waals surface area contributed by atoms with Crippen molar-refractivity contribution in [2.45, 2.75) is 31.2 Å². The Balaban J connectivity index is 1.86. The van der Waals surface area contributed by atoms with Gasteiger partial charge in [-0.05, 0) is 36.6 Å². The number of hydrogen-bond acceptors (Lipinski definition) is 4. The summed E-state index contributed by atoms with van der Waals surface area (Å²) in [5, 5.41) is 20.2. The smallest absolute Gasteiger partial charge is 0.223 e. The molecule has 0 unspecified atom stereocenters. The van der Waals surface area contributed by atoms with Crippen molar-refractivity contribution in [3.63, 3.8) is 0 Å². The van der Waals surface area contributed by atoms with Crippen LogP contribution in [-0.4, -0.2) is 47.3 Å². The molecular formula is C21H25NO4. The van der Waals surface area contributed by atoms with E-state index in [2.05, 4.69) is 0 Å². The maximum atomic E-state index is 12.9. The number of amides is 1. The zero-order valence-corrected chi connectivity index (χ0v) is 15.0. The lowest BCUT2D eigenvalue weighted by atomic mass is 9.87. The van der Waals surface area contributed by atoms with Gasteiger partial charge in [0, 0.05) is 44.2 Å². The number of aromatic hydroxyl groups is 2. The average molecular weight is 355 g/mol. The van der Waals surface area contributed by atoms with Crippen molar-refractivity contribution in [1.82, 2.24) is 4.90 Å². The van der Waals surface area contributed by atoms with Crippen LogP contribution in [0, 0.1) is 0 Å². The van der Waals surface area contributed by atoms with E-state index in [9.17, 15) is 15.0 Å².